The van der Waals surface area contributed by atoms with Crippen molar-refractivity contribution in [1.29, 1.82) is 0 Å². The second-order valence-corrected chi connectivity index (χ2v) is 7.83. The van der Waals surface area contributed by atoms with E-state index in [0.29, 0.717) is 5.91 Å². The second kappa shape index (κ2) is 11.7. The minimum absolute atomic E-state index is 0. The van der Waals surface area contributed by atoms with Gasteiger partial charge in [0.25, 0.3) is 0 Å². The topological polar surface area (TPSA) is 69.0 Å². The first-order chi connectivity index (χ1) is 13.6. The van der Waals surface area contributed by atoms with Gasteiger partial charge in [-0.25, -0.2) is 0 Å². The fourth-order valence-corrected chi connectivity index (χ4v) is 4.10. The van der Waals surface area contributed by atoms with E-state index in [4.69, 9.17) is 0 Å². The monoisotopic (exact) mass is 517 g/mol. The predicted molar refractivity (Wildman–Crippen MR) is 127 cm³/mol. The Bertz CT molecular complexity index is 664. The number of hydrogen-bond acceptors (Lipinski definition) is 4. The fourth-order valence-electron chi connectivity index (χ4n) is 4.10. The molecule has 0 radical (unpaired) electrons. The predicted octanol–water partition coefficient (Wildman–Crippen LogP) is 1.17. The van der Waals surface area contributed by atoms with Gasteiger partial charge < -0.3 is 15.1 Å². The Labute approximate surface area is 191 Å². The number of hydrogen-bond donors (Lipinski definition) is 1. The van der Waals surface area contributed by atoms with Crippen LogP contribution in [0.15, 0.2) is 17.4 Å². The molecule has 8 nitrogen and oxygen atoms in total. The maximum absolute atomic E-state index is 12.6. The lowest BCUT2D eigenvalue weighted by Crippen LogP contribution is -2.57. The van der Waals surface area contributed by atoms with Gasteiger partial charge >= 0.3 is 0 Å². The number of rotatable bonds is 6. The van der Waals surface area contributed by atoms with Crippen molar-refractivity contribution in [2.24, 2.45) is 12.0 Å². The molecule has 2 aliphatic rings. The zero-order chi connectivity index (χ0) is 19.9. The maximum Gasteiger partial charge on any atom is 0.239 e. The van der Waals surface area contributed by atoms with Crippen LogP contribution in [0.3, 0.4) is 0 Å². The average molecular weight is 517 g/mol. The van der Waals surface area contributed by atoms with Crippen LogP contribution < -0.4 is 5.32 Å². The van der Waals surface area contributed by atoms with Crippen LogP contribution in [0.1, 0.15) is 31.7 Å². The Morgan fingerprint density at radius 3 is 2.45 bits per heavy atom. The molecular formula is C20H36IN7O. The molecule has 0 spiro atoms. The second-order valence-electron chi connectivity index (χ2n) is 7.83. The normalized spacial score (nSPS) is 19.2. The summed E-state index contributed by atoms with van der Waals surface area (Å²) in [4.78, 5) is 23.7. The molecule has 1 aromatic rings. The Morgan fingerprint density at radius 1 is 1.17 bits per heavy atom. The molecule has 3 rings (SSSR count). The number of nitrogens with one attached hydrogen (secondary N) is 1. The van der Waals surface area contributed by atoms with Crippen molar-refractivity contribution < 1.29 is 4.79 Å². The lowest BCUT2D eigenvalue weighted by Gasteiger charge is -2.39. The van der Waals surface area contributed by atoms with Crippen LogP contribution >= 0.6 is 24.0 Å². The highest BCUT2D eigenvalue weighted by atomic mass is 127. The van der Waals surface area contributed by atoms with Gasteiger partial charge in [0.15, 0.2) is 5.96 Å². The highest BCUT2D eigenvalue weighted by molar-refractivity contribution is 14.0. The fraction of sp³-hybridized carbons (Fsp3) is 0.750. The first-order valence-corrected chi connectivity index (χ1v) is 10.5. The van der Waals surface area contributed by atoms with E-state index in [9.17, 15) is 4.79 Å². The van der Waals surface area contributed by atoms with Gasteiger partial charge in [-0.1, -0.05) is 0 Å². The van der Waals surface area contributed by atoms with Crippen molar-refractivity contribution in [3.63, 3.8) is 0 Å². The minimum atomic E-state index is -0.0188. The van der Waals surface area contributed by atoms with Gasteiger partial charge in [-0.3, -0.25) is 19.4 Å². The number of aromatic nitrogens is 2. The van der Waals surface area contributed by atoms with Crippen LogP contribution in [-0.2, 0) is 18.3 Å². The van der Waals surface area contributed by atoms with Crippen LogP contribution in [0, 0.1) is 0 Å². The number of likely N-dealkylation sites (tertiary alicyclic amines) is 1. The third kappa shape index (κ3) is 6.56. The van der Waals surface area contributed by atoms with E-state index in [-0.39, 0.29) is 30.0 Å². The maximum atomic E-state index is 12.6. The van der Waals surface area contributed by atoms with E-state index in [1.807, 2.05) is 29.9 Å². The summed E-state index contributed by atoms with van der Waals surface area (Å²) < 4.78 is 1.84. The van der Waals surface area contributed by atoms with Crippen molar-refractivity contribution in [2.75, 3.05) is 52.9 Å². The Balaban J connectivity index is 0.00000300. The van der Waals surface area contributed by atoms with Crippen molar-refractivity contribution >= 4 is 35.8 Å². The molecule has 3 heterocycles. The molecule has 0 bridgehead atoms. The molecule has 1 atom stereocenters. The summed E-state index contributed by atoms with van der Waals surface area (Å²) in [5.41, 5.74) is 1.27. The molecule has 1 N–H and O–H groups in total. The van der Waals surface area contributed by atoms with Gasteiger partial charge in [-0.15, -0.1) is 24.0 Å². The van der Waals surface area contributed by atoms with Gasteiger partial charge in [0, 0.05) is 66.1 Å². The van der Waals surface area contributed by atoms with E-state index >= 15 is 0 Å². The van der Waals surface area contributed by atoms with Crippen LogP contribution in [0.25, 0.3) is 0 Å². The van der Waals surface area contributed by atoms with Gasteiger partial charge in [0.05, 0.1) is 12.2 Å². The lowest BCUT2D eigenvalue weighted by atomic mass is 10.2. The number of aryl methyl sites for hydroxylation is 2. The quantitative estimate of drug-likeness (QED) is 0.266. The van der Waals surface area contributed by atoms with E-state index in [1.54, 1.807) is 0 Å². The van der Waals surface area contributed by atoms with Gasteiger partial charge in [-0.2, -0.15) is 5.10 Å². The van der Waals surface area contributed by atoms with Crippen LogP contribution in [0.4, 0.5) is 0 Å². The molecular weight excluding hydrogens is 481 g/mol. The SMILES string of the molecule is CN=C(NCCCc1cnn(C)c1)N1CCN(C(C)C(=O)N2CCCC2)CC1.I. The summed E-state index contributed by atoms with van der Waals surface area (Å²) in [6.45, 7) is 8.42. The van der Waals surface area contributed by atoms with Gasteiger partial charge in [-0.05, 0) is 38.2 Å². The molecule has 1 aromatic heterocycles. The molecule has 0 saturated carbocycles. The molecule has 1 unspecified atom stereocenters. The van der Waals surface area contributed by atoms with Crippen molar-refractivity contribution in [3.05, 3.63) is 18.0 Å². The summed E-state index contributed by atoms with van der Waals surface area (Å²) in [6.07, 6.45) is 8.36. The summed E-state index contributed by atoms with van der Waals surface area (Å²) in [5.74, 6) is 1.26. The Morgan fingerprint density at radius 2 is 1.86 bits per heavy atom. The summed E-state index contributed by atoms with van der Waals surface area (Å²) in [7, 11) is 3.79. The molecule has 9 heteroatoms. The number of piperazine rings is 1. The molecule has 1 amide bonds. The lowest BCUT2D eigenvalue weighted by molar-refractivity contribution is -0.135. The van der Waals surface area contributed by atoms with E-state index in [2.05, 4.69) is 38.3 Å². The third-order valence-electron chi connectivity index (χ3n) is 5.83. The van der Waals surface area contributed by atoms with Gasteiger partial charge in [0.1, 0.15) is 0 Å². The zero-order valence-electron chi connectivity index (χ0n) is 18.0. The van der Waals surface area contributed by atoms with Crippen LogP contribution in [0.2, 0.25) is 0 Å². The standard InChI is InChI=1S/C20H35N7O.HI/c1-17(19(28)26-9-4-5-10-26)25-11-13-27(14-12-25)20(21-2)22-8-6-7-18-15-23-24(3)16-18;/h15-17H,4-14H2,1-3H3,(H,21,22);1H. The highest BCUT2D eigenvalue weighted by Gasteiger charge is 2.30. The number of aliphatic imine (C=N–C) groups is 1. The zero-order valence-corrected chi connectivity index (χ0v) is 20.3. The molecule has 2 aliphatic heterocycles. The largest absolute Gasteiger partial charge is 0.356 e. The third-order valence-corrected chi connectivity index (χ3v) is 5.83. The summed E-state index contributed by atoms with van der Waals surface area (Å²) in [6, 6.07) is -0.0188. The first kappa shape index (κ1) is 23.9. The van der Waals surface area contributed by atoms with Crippen molar-refractivity contribution in [1.82, 2.24) is 29.8 Å². The van der Waals surface area contributed by atoms with Crippen LogP contribution in [-0.4, -0.2) is 95.2 Å². The first-order valence-electron chi connectivity index (χ1n) is 10.5. The molecule has 0 aliphatic carbocycles. The van der Waals surface area contributed by atoms with Gasteiger partial charge in [0.2, 0.25) is 5.91 Å². The number of guanidine groups is 1. The Kier molecular flexibility index (Phi) is 9.67. The molecule has 29 heavy (non-hydrogen) atoms. The number of halogens is 1. The van der Waals surface area contributed by atoms with E-state index < -0.39 is 0 Å². The number of amides is 1. The number of carbonyl (C=O) groups excluding carboxylic acids is 1. The van der Waals surface area contributed by atoms with Crippen molar-refractivity contribution in [3.8, 4) is 0 Å². The molecule has 164 valence electrons. The minimum Gasteiger partial charge on any atom is -0.356 e. The summed E-state index contributed by atoms with van der Waals surface area (Å²) in [5, 5.41) is 7.69. The van der Waals surface area contributed by atoms with Crippen LogP contribution in [0.5, 0.6) is 0 Å². The van der Waals surface area contributed by atoms with Crippen molar-refractivity contribution in [2.45, 2.75) is 38.6 Å². The highest BCUT2D eigenvalue weighted by Crippen LogP contribution is 2.14. The average Bonchev–Trinajstić information content (AvgIpc) is 3.39. The summed E-state index contributed by atoms with van der Waals surface area (Å²) >= 11 is 0. The molecule has 0 aromatic carbocycles. The molecule has 2 fully saturated rings. The van der Waals surface area contributed by atoms with E-state index in [0.717, 1.165) is 77.5 Å². The van der Waals surface area contributed by atoms with E-state index in [1.165, 1.54) is 5.56 Å². The number of carbonyl (C=O) groups is 1. The number of nitrogens with zero attached hydrogens (tertiary/aromatic N) is 6. The molecule has 2 saturated heterocycles. The Hall–Kier alpha value is -1.36. The smallest absolute Gasteiger partial charge is 0.239 e.